The van der Waals surface area contributed by atoms with Gasteiger partial charge in [-0.3, -0.25) is 15.0 Å². The first-order valence-corrected chi connectivity index (χ1v) is 8.83. The second-order valence-electron chi connectivity index (χ2n) is 7.00. The zero-order chi connectivity index (χ0) is 17.1. The molecule has 132 valence electrons. The topological polar surface area (TPSA) is 65.8 Å². The van der Waals surface area contributed by atoms with Gasteiger partial charge < -0.3 is 9.80 Å². The average molecular weight is 333 g/mol. The van der Waals surface area contributed by atoms with Crippen LogP contribution in [0.5, 0.6) is 0 Å². The summed E-state index contributed by atoms with van der Waals surface area (Å²) in [7, 11) is 2.24. The van der Waals surface area contributed by atoms with Crippen molar-refractivity contribution in [3.63, 3.8) is 0 Å². The fraction of sp³-hybridized carbons (Fsp3) is 0.706. The molecule has 3 heterocycles. The van der Waals surface area contributed by atoms with Crippen LogP contribution in [0.3, 0.4) is 0 Å². The molecule has 2 fully saturated rings. The fourth-order valence-corrected chi connectivity index (χ4v) is 3.73. The number of likely N-dealkylation sites (N-methyl/N-ethyl adjacent to an activating group) is 1. The molecule has 2 aliphatic heterocycles. The van der Waals surface area contributed by atoms with E-state index in [0.717, 1.165) is 38.5 Å². The maximum absolute atomic E-state index is 10.9. The van der Waals surface area contributed by atoms with E-state index in [1.807, 2.05) is 6.07 Å². The van der Waals surface area contributed by atoms with Crippen LogP contribution in [0.15, 0.2) is 12.3 Å². The van der Waals surface area contributed by atoms with E-state index >= 15 is 0 Å². The molecule has 0 aromatic carbocycles. The quantitative estimate of drug-likeness (QED) is 0.619. The molecule has 1 atom stereocenters. The average Bonchev–Trinajstić information content (AvgIpc) is 2.57. The summed E-state index contributed by atoms with van der Waals surface area (Å²) in [5.41, 5.74) is 0.772. The Morgan fingerprint density at radius 3 is 2.62 bits per heavy atom. The highest BCUT2D eigenvalue weighted by Crippen LogP contribution is 2.23. The van der Waals surface area contributed by atoms with Crippen LogP contribution in [0.1, 0.15) is 24.8 Å². The van der Waals surface area contributed by atoms with Crippen molar-refractivity contribution in [3.05, 3.63) is 27.9 Å². The molecule has 0 saturated carbocycles. The molecule has 0 spiro atoms. The van der Waals surface area contributed by atoms with E-state index in [-0.39, 0.29) is 10.6 Å². The molecule has 7 heteroatoms. The molecular weight excluding hydrogens is 306 g/mol. The molecule has 0 bridgehead atoms. The molecule has 1 aromatic rings. The van der Waals surface area contributed by atoms with E-state index in [0.29, 0.717) is 11.6 Å². The highest BCUT2D eigenvalue weighted by molar-refractivity contribution is 5.48. The smallest absolute Gasteiger partial charge is 0.290 e. The maximum atomic E-state index is 10.9. The Balaban J connectivity index is 1.55. The van der Waals surface area contributed by atoms with Gasteiger partial charge in [0, 0.05) is 44.3 Å². The minimum Gasteiger partial charge on any atom is -0.354 e. The lowest BCUT2D eigenvalue weighted by molar-refractivity contribution is -0.385. The Labute approximate surface area is 143 Å². The second kappa shape index (κ2) is 7.44. The molecule has 1 aromatic heterocycles. The van der Waals surface area contributed by atoms with Gasteiger partial charge >= 0.3 is 0 Å². The van der Waals surface area contributed by atoms with Gasteiger partial charge in [0.05, 0.1) is 4.92 Å². The first-order chi connectivity index (χ1) is 11.5. The summed E-state index contributed by atoms with van der Waals surface area (Å²) in [4.78, 5) is 22.1. The highest BCUT2D eigenvalue weighted by atomic mass is 16.6. The zero-order valence-electron chi connectivity index (χ0n) is 14.6. The minimum absolute atomic E-state index is 0.0951. The van der Waals surface area contributed by atoms with E-state index < -0.39 is 0 Å². The first-order valence-electron chi connectivity index (χ1n) is 8.83. The third-order valence-electron chi connectivity index (χ3n) is 5.35. The number of piperidine rings is 1. The number of piperazine rings is 1. The van der Waals surface area contributed by atoms with Crippen molar-refractivity contribution in [1.29, 1.82) is 0 Å². The molecule has 0 radical (unpaired) electrons. The number of nitrogens with zero attached hydrogens (tertiary/aromatic N) is 5. The summed E-state index contributed by atoms with van der Waals surface area (Å²) in [5, 5.41) is 10.9. The molecule has 3 rings (SSSR count). The Morgan fingerprint density at radius 2 is 2.00 bits per heavy atom. The Bertz CT molecular complexity index is 586. The predicted molar refractivity (Wildman–Crippen MR) is 94.6 cm³/mol. The van der Waals surface area contributed by atoms with Crippen molar-refractivity contribution < 1.29 is 4.92 Å². The van der Waals surface area contributed by atoms with Crippen molar-refractivity contribution in [2.75, 3.05) is 51.2 Å². The fourth-order valence-electron chi connectivity index (χ4n) is 3.73. The van der Waals surface area contributed by atoms with E-state index in [1.165, 1.54) is 32.0 Å². The molecule has 2 saturated heterocycles. The Morgan fingerprint density at radius 1 is 1.25 bits per heavy atom. The number of hydrogen-bond donors (Lipinski definition) is 0. The summed E-state index contributed by atoms with van der Waals surface area (Å²) in [6.07, 6.45) is 5.36. The number of likely N-dealkylation sites (tertiary alicyclic amines) is 1. The SMILES string of the molecule is Cc1cc(N2CCN(CC3CCCCN3C)CC2)ncc1[N+](=O)[O-]. The number of nitro groups is 1. The molecule has 0 aliphatic carbocycles. The first kappa shape index (κ1) is 17.1. The van der Waals surface area contributed by atoms with Crippen LogP contribution in [-0.2, 0) is 0 Å². The van der Waals surface area contributed by atoms with E-state index in [9.17, 15) is 10.1 Å². The lowest BCUT2D eigenvalue weighted by Crippen LogP contribution is -2.52. The lowest BCUT2D eigenvalue weighted by atomic mass is 10.0. The van der Waals surface area contributed by atoms with Crippen LogP contribution in [0.2, 0.25) is 0 Å². The van der Waals surface area contributed by atoms with Crippen LogP contribution < -0.4 is 4.90 Å². The van der Waals surface area contributed by atoms with Crippen LogP contribution in [0.25, 0.3) is 0 Å². The molecule has 24 heavy (non-hydrogen) atoms. The molecule has 7 nitrogen and oxygen atoms in total. The van der Waals surface area contributed by atoms with Crippen LogP contribution in [-0.4, -0.2) is 72.1 Å². The predicted octanol–water partition coefficient (Wildman–Crippen LogP) is 1.90. The summed E-state index contributed by atoms with van der Waals surface area (Å²) in [5.74, 6) is 0.854. The molecular formula is C17H27N5O2. The number of rotatable bonds is 4. The van der Waals surface area contributed by atoms with Crippen LogP contribution in [0.4, 0.5) is 11.5 Å². The Hall–Kier alpha value is -1.73. The number of pyridine rings is 1. The van der Waals surface area contributed by atoms with Gasteiger partial charge in [-0.2, -0.15) is 0 Å². The van der Waals surface area contributed by atoms with Crippen LogP contribution >= 0.6 is 0 Å². The summed E-state index contributed by atoms with van der Waals surface area (Å²) in [6, 6.07) is 2.52. The number of anilines is 1. The number of hydrogen-bond acceptors (Lipinski definition) is 6. The maximum Gasteiger partial charge on any atom is 0.290 e. The number of aryl methyl sites for hydroxylation is 1. The Kier molecular flexibility index (Phi) is 5.30. The summed E-state index contributed by atoms with van der Waals surface area (Å²) in [6.45, 7) is 8.07. The van der Waals surface area contributed by atoms with Gasteiger partial charge in [-0.05, 0) is 39.4 Å². The molecule has 1 unspecified atom stereocenters. The summed E-state index contributed by atoms with van der Waals surface area (Å²) < 4.78 is 0. The zero-order valence-corrected chi connectivity index (χ0v) is 14.6. The van der Waals surface area contributed by atoms with E-state index in [1.54, 1.807) is 6.92 Å². The molecule has 0 amide bonds. The van der Waals surface area contributed by atoms with Crippen molar-refractivity contribution in [1.82, 2.24) is 14.8 Å². The van der Waals surface area contributed by atoms with E-state index in [4.69, 9.17) is 0 Å². The van der Waals surface area contributed by atoms with Crippen molar-refractivity contribution in [2.45, 2.75) is 32.2 Å². The monoisotopic (exact) mass is 333 g/mol. The van der Waals surface area contributed by atoms with Crippen molar-refractivity contribution >= 4 is 11.5 Å². The standard InChI is InChI=1S/C17H27N5O2/c1-14-11-17(18-12-16(14)22(23)24)21-9-7-20(8-10-21)13-15-5-3-4-6-19(15)2/h11-12,15H,3-10,13H2,1-2H3. The second-order valence-corrected chi connectivity index (χ2v) is 7.00. The third kappa shape index (κ3) is 3.84. The minimum atomic E-state index is -0.370. The van der Waals surface area contributed by atoms with Gasteiger partial charge in [-0.15, -0.1) is 0 Å². The lowest BCUT2D eigenvalue weighted by Gasteiger charge is -2.40. The third-order valence-corrected chi connectivity index (χ3v) is 5.35. The van der Waals surface area contributed by atoms with Gasteiger partial charge in [0.25, 0.3) is 5.69 Å². The molecule has 0 N–H and O–H groups in total. The van der Waals surface area contributed by atoms with Gasteiger partial charge in [0.2, 0.25) is 0 Å². The largest absolute Gasteiger partial charge is 0.354 e. The van der Waals surface area contributed by atoms with Crippen molar-refractivity contribution in [2.24, 2.45) is 0 Å². The molecule has 2 aliphatic rings. The summed E-state index contributed by atoms with van der Waals surface area (Å²) >= 11 is 0. The van der Waals surface area contributed by atoms with Crippen molar-refractivity contribution in [3.8, 4) is 0 Å². The van der Waals surface area contributed by atoms with Gasteiger partial charge in [-0.25, -0.2) is 4.98 Å². The number of aromatic nitrogens is 1. The van der Waals surface area contributed by atoms with Gasteiger partial charge in [0.15, 0.2) is 0 Å². The normalized spacial score (nSPS) is 23.4. The van der Waals surface area contributed by atoms with Gasteiger partial charge in [-0.1, -0.05) is 6.42 Å². The van der Waals surface area contributed by atoms with Gasteiger partial charge in [0.1, 0.15) is 12.0 Å². The van der Waals surface area contributed by atoms with E-state index in [2.05, 4.69) is 26.7 Å². The van der Waals surface area contributed by atoms with Crippen LogP contribution in [0, 0.1) is 17.0 Å². The highest BCUT2D eigenvalue weighted by Gasteiger charge is 2.25.